The van der Waals surface area contributed by atoms with Crippen LogP contribution in [-0.4, -0.2) is 15.0 Å². The van der Waals surface area contributed by atoms with Crippen molar-refractivity contribution in [3.63, 3.8) is 0 Å². The molecule has 4 N–H and O–H groups in total. The zero-order chi connectivity index (χ0) is 9.42. The molecule has 2 aromatic rings. The second-order valence-corrected chi connectivity index (χ2v) is 2.69. The number of rotatable bonds is 0. The first kappa shape index (κ1) is 7.66. The molecule has 66 valence electrons. The molecule has 2 heterocycles. The van der Waals surface area contributed by atoms with E-state index in [1.165, 1.54) is 0 Å². The van der Waals surface area contributed by atoms with Crippen LogP contribution in [0.5, 0.6) is 0 Å². The number of H-pyrrole nitrogens is 2. The highest BCUT2D eigenvalue weighted by Crippen LogP contribution is 2.06. The summed E-state index contributed by atoms with van der Waals surface area (Å²) in [5.41, 5.74) is 6.73. The van der Waals surface area contributed by atoms with Crippen molar-refractivity contribution in [1.29, 1.82) is 0 Å². The van der Waals surface area contributed by atoms with E-state index in [1.807, 2.05) is 6.92 Å². The SMILES string of the molecule is Cc1c[nH+]c2nc(=O)[nH]c(N)c2n1. The summed E-state index contributed by atoms with van der Waals surface area (Å²) < 4.78 is 0. The van der Waals surface area contributed by atoms with Crippen LogP contribution >= 0.6 is 0 Å². The molecule has 0 aliphatic carbocycles. The summed E-state index contributed by atoms with van der Waals surface area (Å²) in [4.78, 5) is 23.9. The lowest BCUT2D eigenvalue weighted by molar-refractivity contribution is -0.349. The number of hydrogen-bond acceptors (Lipinski definition) is 4. The van der Waals surface area contributed by atoms with Crippen molar-refractivity contribution in [3.8, 4) is 0 Å². The van der Waals surface area contributed by atoms with Crippen molar-refractivity contribution < 1.29 is 4.98 Å². The minimum atomic E-state index is -0.480. The second kappa shape index (κ2) is 2.51. The van der Waals surface area contributed by atoms with Gasteiger partial charge in [-0.3, -0.25) is 4.98 Å². The van der Waals surface area contributed by atoms with E-state index in [4.69, 9.17) is 5.73 Å². The Morgan fingerprint density at radius 2 is 2.31 bits per heavy atom. The predicted molar refractivity (Wildman–Crippen MR) is 45.9 cm³/mol. The molecule has 0 atom stereocenters. The lowest BCUT2D eigenvalue weighted by Crippen LogP contribution is -2.19. The van der Waals surface area contributed by atoms with E-state index in [2.05, 4.69) is 19.9 Å². The number of anilines is 1. The topological polar surface area (TPSA) is 98.8 Å². The molecule has 0 unspecified atom stereocenters. The third-order valence-corrected chi connectivity index (χ3v) is 1.64. The molecular weight excluding hydrogens is 170 g/mol. The fraction of sp³-hybridized carbons (Fsp3) is 0.143. The molecule has 2 rings (SSSR count). The highest BCUT2D eigenvalue weighted by molar-refractivity contribution is 5.77. The summed E-state index contributed by atoms with van der Waals surface area (Å²) in [6.07, 6.45) is 1.66. The van der Waals surface area contributed by atoms with Crippen LogP contribution in [-0.2, 0) is 0 Å². The van der Waals surface area contributed by atoms with Crippen LogP contribution in [0.25, 0.3) is 11.2 Å². The number of aromatic amines is 2. The van der Waals surface area contributed by atoms with Crippen molar-refractivity contribution in [2.45, 2.75) is 6.92 Å². The van der Waals surface area contributed by atoms with Gasteiger partial charge in [-0.25, -0.2) is 14.8 Å². The van der Waals surface area contributed by atoms with Crippen LogP contribution in [0.3, 0.4) is 0 Å². The Bertz CT molecular complexity index is 518. The van der Waals surface area contributed by atoms with Crippen LogP contribution in [0.15, 0.2) is 11.0 Å². The Morgan fingerprint density at radius 3 is 3.08 bits per heavy atom. The van der Waals surface area contributed by atoms with Gasteiger partial charge in [0.15, 0.2) is 5.52 Å². The van der Waals surface area contributed by atoms with Gasteiger partial charge in [-0.05, 0) is 6.92 Å². The molecular formula is C7H8N5O+. The van der Waals surface area contributed by atoms with Gasteiger partial charge >= 0.3 is 11.3 Å². The quantitative estimate of drug-likeness (QED) is 0.541. The molecule has 0 aliphatic heterocycles. The summed E-state index contributed by atoms with van der Waals surface area (Å²) in [7, 11) is 0. The molecule has 0 bridgehead atoms. The number of aryl methyl sites for hydroxylation is 1. The van der Waals surface area contributed by atoms with Crippen LogP contribution < -0.4 is 16.4 Å². The second-order valence-electron chi connectivity index (χ2n) is 2.69. The third-order valence-electron chi connectivity index (χ3n) is 1.64. The molecule has 0 radical (unpaired) electrons. The first-order valence-electron chi connectivity index (χ1n) is 3.71. The van der Waals surface area contributed by atoms with E-state index in [0.717, 1.165) is 5.69 Å². The Labute approximate surface area is 72.9 Å². The maximum atomic E-state index is 10.9. The van der Waals surface area contributed by atoms with Gasteiger partial charge in [0.25, 0.3) is 0 Å². The van der Waals surface area contributed by atoms with E-state index in [0.29, 0.717) is 11.2 Å². The van der Waals surface area contributed by atoms with Crippen LogP contribution in [0.2, 0.25) is 0 Å². The highest BCUT2D eigenvalue weighted by atomic mass is 16.1. The van der Waals surface area contributed by atoms with Gasteiger partial charge in [-0.2, -0.15) is 0 Å². The largest absolute Gasteiger partial charge is 0.456 e. The van der Waals surface area contributed by atoms with Gasteiger partial charge in [0, 0.05) is 4.98 Å². The van der Waals surface area contributed by atoms with Crippen LogP contribution in [0.1, 0.15) is 5.69 Å². The zero-order valence-electron chi connectivity index (χ0n) is 6.96. The molecule has 0 aliphatic rings. The molecule has 0 saturated carbocycles. The number of nitrogens with zero attached hydrogens (tertiary/aromatic N) is 2. The molecule has 0 spiro atoms. The average Bonchev–Trinajstić information content (AvgIpc) is 2.06. The van der Waals surface area contributed by atoms with E-state index < -0.39 is 5.69 Å². The molecule has 6 nitrogen and oxygen atoms in total. The average molecular weight is 178 g/mol. The fourth-order valence-electron chi connectivity index (χ4n) is 1.08. The molecule has 0 saturated heterocycles. The van der Waals surface area contributed by atoms with Gasteiger partial charge in [0.1, 0.15) is 12.0 Å². The van der Waals surface area contributed by atoms with Crippen LogP contribution in [0.4, 0.5) is 5.82 Å². The van der Waals surface area contributed by atoms with E-state index in [9.17, 15) is 4.79 Å². The number of nitrogen functional groups attached to an aromatic ring is 1. The summed E-state index contributed by atoms with van der Waals surface area (Å²) in [6, 6.07) is 0. The minimum absolute atomic E-state index is 0.231. The number of fused-ring (bicyclic) bond motifs is 1. The summed E-state index contributed by atoms with van der Waals surface area (Å²) >= 11 is 0. The van der Waals surface area contributed by atoms with Crippen molar-refractivity contribution in [2.24, 2.45) is 0 Å². The van der Waals surface area contributed by atoms with Crippen molar-refractivity contribution in [1.82, 2.24) is 15.0 Å². The van der Waals surface area contributed by atoms with Crippen molar-refractivity contribution in [3.05, 3.63) is 22.4 Å². The molecule has 0 aromatic carbocycles. The molecule has 0 fully saturated rings. The molecule has 0 amide bonds. The van der Waals surface area contributed by atoms with Gasteiger partial charge in [-0.15, -0.1) is 0 Å². The Kier molecular flexibility index (Phi) is 1.48. The van der Waals surface area contributed by atoms with Crippen LogP contribution in [0, 0.1) is 6.92 Å². The van der Waals surface area contributed by atoms with Crippen molar-refractivity contribution >= 4 is 17.0 Å². The van der Waals surface area contributed by atoms with Gasteiger partial charge in [0.2, 0.25) is 0 Å². The van der Waals surface area contributed by atoms with Gasteiger partial charge in [0.05, 0.1) is 5.69 Å². The van der Waals surface area contributed by atoms with Crippen molar-refractivity contribution in [2.75, 3.05) is 5.73 Å². The summed E-state index contributed by atoms with van der Waals surface area (Å²) in [5, 5.41) is 0. The van der Waals surface area contributed by atoms with Gasteiger partial charge in [-0.1, -0.05) is 0 Å². The normalized spacial score (nSPS) is 10.5. The maximum Gasteiger partial charge on any atom is 0.456 e. The highest BCUT2D eigenvalue weighted by Gasteiger charge is 2.10. The Morgan fingerprint density at radius 1 is 1.54 bits per heavy atom. The molecule has 2 aromatic heterocycles. The first-order valence-corrected chi connectivity index (χ1v) is 3.71. The first-order chi connectivity index (χ1) is 6.16. The lowest BCUT2D eigenvalue weighted by atomic mass is 10.4. The van der Waals surface area contributed by atoms with E-state index >= 15 is 0 Å². The maximum absolute atomic E-state index is 10.9. The number of nitrogens with two attached hydrogens (primary N) is 1. The minimum Gasteiger partial charge on any atom is -0.383 e. The summed E-state index contributed by atoms with van der Waals surface area (Å²) in [6.45, 7) is 1.82. The third kappa shape index (κ3) is 1.22. The standard InChI is InChI=1S/C7H7N5O/c1-3-2-9-6-4(10-3)5(8)11-7(13)12-6/h2H,1H3,(H3,8,9,11,12,13)/p+1. The zero-order valence-corrected chi connectivity index (χ0v) is 6.96. The Hall–Kier alpha value is -1.98. The monoisotopic (exact) mass is 178 g/mol. The molecule has 13 heavy (non-hydrogen) atoms. The number of hydrogen-bond donors (Lipinski definition) is 2. The van der Waals surface area contributed by atoms with E-state index in [-0.39, 0.29) is 5.82 Å². The van der Waals surface area contributed by atoms with Gasteiger partial charge < -0.3 is 5.73 Å². The summed E-state index contributed by atoms with van der Waals surface area (Å²) in [5.74, 6) is 0.231. The van der Waals surface area contributed by atoms with E-state index in [1.54, 1.807) is 6.20 Å². The number of aromatic nitrogens is 4. The predicted octanol–water partition coefficient (Wildman–Crippen LogP) is -0.977. The fourth-order valence-corrected chi connectivity index (χ4v) is 1.08. The Balaban J connectivity index is 2.95. The molecule has 6 heteroatoms. The smallest absolute Gasteiger partial charge is 0.383 e. The lowest BCUT2D eigenvalue weighted by Gasteiger charge is -1.93. The number of nitrogens with one attached hydrogen (secondary N) is 2.